The zero-order chi connectivity index (χ0) is 65.5. The van der Waals surface area contributed by atoms with E-state index in [1.807, 2.05) is 27.2 Å². The molecule has 0 aromatic heterocycles. The summed E-state index contributed by atoms with van der Waals surface area (Å²) in [5.74, 6) is -0.168. The standard InChI is InChI=1S/C81H157N2O6P/c1-6-8-10-12-14-16-18-20-22-24-26-28-30-32-34-36-37-38-39-40-41-42-43-44-45-47-49-51-53-55-57-59-61-63-65-67-69-71-73-75-81(85)82-79(78-89-90(86,87)88-77-76-83(3,4)5)80(84)74-72-70-68-66-64-62-60-58-56-54-52-50-48-46-35-33-31-29-27-25-23-21-19-17-15-13-11-9-7-2/h18,20,24,26,30,32,72,74,79-80,84H,6-17,19,21-23,25,27-29,31,33-71,73,75-78H2,1-5H3,(H-,82,85,86,87)/p+1/b20-18-,26-24-,32-30-,74-72+. The topological polar surface area (TPSA) is 105 Å². The lowest BCUT2D eigenvalue weighted by atomic mass is 10.0. The number of nitrogens with zero attached hydrogens (tertiary/aromatic N) is 1. The molecule has 0 saturated carbocycles. The van der Waals surface area contributed by atoms with Gasteiger partial charge in [0, 0.05) is 6.42 Å². The van der Waals surface area contributed by atoms with Gasteiger partial charge in [-0.05, 0) is 57.8 Å². The number of hydrogen-bond acceptors (Lipinski definition) is 5. The van der Waals surface area contributed by atoms with E-state index in [1.165, 1.54) is 347 Å². The normalized spacial score (nSPS) is 13.7. The minimum absolute atomic E-state index is 0.0636. The van der Waals surface area contributed by atoms with E-state index in [0.717, 1.165) is 44.9 Å². The second-order valence-electron chi connectivity index (χ2n) is 28.8. The lowest BCUT2D eigenvalue weighted by Gasteiger charge is -2.25. The Kier molecular flexibility index (Phi) is 70.5. The first kappa shape index (κ1) is 88.5. The number of rotatable bonds is 75. The molecule has 0 spiro atoms. The van der Waals surface area contributed by atoms with Crippen molar-refractivity contribution in [3.05, 3.63) is 48.6 Å². The van der Waals surface area contributed by atoms with Crippen LogP contribution in [0.4, 0.5) is 0 Å². The maximum absolute atomic E-state index is 13.1. The zero-order valence-electron chi connectivity index (χ0n) is 61.2. The van der Waals surface area contributed by atoms with Crippen LogP contribution < -0.4 is 5.32 Å². The van der Waals surface area contributed by atoms with Gasteiger partial charge in [-0.1, -0.05) is 396 Å². The molecule has 1 amide bonds. The summed E-state index contributed by atoms with van der Waals surface area (Å²) in [6, 6.07) is -0.847. The van der Waals surface area contributed by atoms with Crippen LogP contribution in [-0.4, -0.2) is 73.4 Å². The first-order chi connectivity index (χ1) is 44.0. The van der Waals surface area contributed by atoms with Crippen LogP contribution in [-0.2, 0) is 18.4 Å². The number of phosphoric ester groups is 1. The largest absolute Gasteiger partial charge is 0.472 e. The number of hydrogen-bond donors (Lipinski definition) is 3. The van der Waals surface area contributed by atoms with Gasteiger partial charge in [-0.3, -0.25) is 13.8 Å². The molecule has 0 heterocycles. The molecule has 532 valence electrons. The Morgan fingerprint density at radius 1 is 0.378 bits per heavy atom. The Labute approximate surface area is 562 Å². The van der Waals surface area contributed by atoms with Crippen molar-refractivity contribution in [2.24, 2.45) is 0 Å². The summed E-state index contributed by atoms with van der Waals surface area (Å²) in [4.78, 5) is 23.5. The van der Waals surface area contributed by atoms with Gasteiger partial charge in [-0.25, -0.2) is 4.57 Å². The van der Waals surface area contributed by atoms with Gasteiger partial charge >= 0.3 is 7.82 Å². The molecule has 0 aromatic rings. The number of nitrogens with one attached hydrogen (secondary N) is 1. The molecule has 0 aliphatic rings. The predicted molar refractivity (Wildman–Crippen MR) is 397 cm³/mol. The maximum atomic E-state index is 13.1. The first-order valence-corrected chi connectivity index (χ1v) is 41.5. The average Bonchev–Trinajstić information content (AvgIpc) is 3.72. The summed E-state index contributed by atoms with van der Waals surface area (Å²) in [7, 11) is 1.59. The monoisotopic (exact) mass is 1290 g/mol. The minimum Gasteiger partial charge on any atom is -0.387 e. The van der Waals surface area contributed by atoms with Crippen LogP contribution in [0.3, 0.4) is 0 Å². The molecule has 0 saturated heterocycles. The Balaban J connectivity index is 3.94. The molecular weight excluding hydrogens is 1130 g/mol. The van der Waals surface area contributed by atoms with Gasteiger partial charge in [0.05, 0.1) is 39.9 Å². The van der Waals surface area contributed by atoms with E-state index < -0.39 is 20.0 Å². The van der Waals surface area contributed by atoms with Crippen LogP contribution in [0.5, 0.6) is 0 Å². The van der Waals surface area contributed by atoms with Gasteiger partial charge in [0.2, 0.25) is 5.91 Å². The van der Waals surface area contributed by atoms with Crippen LogP contribution in [0.25, 0.3) is 0 Å². The number of aliphatic hydroxyl groups is 1. The van der Waals surface area contributed by atoms with E-state index in [9.17, 15) is 19.4 Å². The van der Waals surface area contributed by atoms with E-state index in [1.54, 1.807) is 6.08 Å². The summed E-state index contributed by atoms with van der Waals surface area (Å²) in [5.41, 5.74) is 0. The number of aliphatic hydroxyl groups excluding tert-OH is 1. The Hall–Kier alpha value is -1.54. The molecule has 3 unspecified atom stereocenters. The number of carbonyl (C=O) groups is 1. The molecule has 0 bridgehead atoms. The predicted octanol–water partition coefficient (Wildman–Crippen LogP) is 26.1. The molecule has 0 aliphatic carbocycles. The van der Waals surface area contributed by atoms with E-state index in [4.69, 9.17) is 9.05 Å². The van der Waals surface area contributed by atoms with Gasteiger partial charge in [-0.15, -0.1) is 0 Å². The SMILES string of the molecule is CCCCCCC/C=C\C/C=C\C/C=C\CCCCCCCCCCCCCCCCCCCCCCCCCCC(=O)NC(COP(=O)(O)OCC[N+](C)(C)C)C(O)/C=C/CCCCCCCCCCCCCCCCCCCCCCCCCCCCC. The summed E-state index contributed by atoms with van der Waals surface area (Å²) in [5, 5.41) is 14.1. The maximum Gasteiger partial charge on any atom is 0.472 e. The molecule has 0 fully saturated rings. The number of unbranched alkanes of at least 4 members (excludes halogenated alkanes) is 56. The lowest BCUT2D eigenvalue weighted by molar-refractivity contribution is -0.870. The van der Waals surface area contributed by atoms with Gasteiger partial charge in [0.15, 0.2) is 0 Å². The first-order valence-electron chi connectivity index (χ1n) is 40.0. The second-order valence-corrected chi connectivity index (χ2v) is 30.3. The third kappa shape index (κ3) is 73.9. The molecule has 90 heavy (non-hydrogen) atoms. The van der Waals surface area contributed by atoms with E-state index in [2.05, 4.69) is 55.6 Å². The highest BCUT2D eigenvalue weighted by atomic mass is 31.2. The fraction of sp³-hybridized carbons (Fsp3) is 0.889. The molecule has 0 rings (SSSR count). The summed E-state index contributed by atoms with van der Waals surface area (Å²) >= 11 is 0. The molecule has 8 nitrogen and oxygen atoms in total. The quantitative estimate of drug-likeness (QED) is 0.0243. The number of phosphoric acid groups is 1. The minimum atomic E-state index is -4.36. The number of allylic oxidation sites excluding steroid dienone is 7. The molecule has 9 heteroatoms. The Morgan fingerprint density at radius 2 is 0.633 bits per heavy atom. The number of amides is 1. The number of likely N-dealkylation sites (N-methyl/N-ethyl adjacent to an activating group) is 1. The van der Waals surface area contributed by atoms with Crippen LogP contribution in [0, 0.1) is 0 Å². The van der Waals surface area contributed by atoms with Crippen LogP contribution in [0.2, 0.25) is 0 Å². The molecule has 3 N–H and O–H groups in total. The average molecular weight is 1290 g/mol. The van der Waals surface area contributed by atoms with Crippen molar-refractivity contribution >= 4 is 13.7 Å². The van der Waals surface area contributed by atoms with E-state index in [0.29, 0.717) is 17.4 Å². The fourth-order valence-electron chi connectivity index (χ4n) is 12.4. The van der Waals surface area contributed by atoms with E-state index in [-0.39, 0.29) is 19.1 Å². The van der Waals surface area contributed by atoms with Gasteiger partial charge in [0.1, 0.15) is 13.2 Å². The van der Waals surface area contributed by atoms with Crippen molar-refractivity contribution in [1.82, 2.24) is 5.32 Å². The molecule has 0 aromatic carbocycles. The van der Waals surface area contributed by atoms with Gasteiger partial charge < -0.3 is 19.8 Å². The lowest BCUT2D eigenvalue weighted by Crippen LogP contribution is -2.45. The Morgan fingerprint density at radius 3 is 0.922 bits per heavy atom. The molecular formula is C81H158N2O6P+. The van der Waals surface area contributed by atoms with E-state index >= 15 is 0 Å². The Bertz CT molecular complexity index is 1610. The molecule has 0 radical (unpaired) electrons. The van der Waals surface area contributed by atoms with Crippen molar-refractivity contribution in [1.29, 1.82) is 0 Å². The van der Waals surface area contributed by atoms with Crippen molar-refractivity contribution in [2.45, 2.75) is 424 Å². The number of quaternary nitrogens is 1. The van der Waals surface area contributed by atoms with Crippen molar-refractivity contribution in [3.8, 4) is 0 Å². The summed E-state index contributed by atoms with van der Waals surface area (Å²) in [6.45, 7) is 4.87. The molecule has 0 aliphatic heterocycles. The number of carbonyl (C=O) groups excluding carboxylic acids is 1. The highest BCUT2D eigenvalue weighted by Gasteiger charge is 2.28. The smallest absolute Gasteiger partial charge is 0.387 e. The summed E-state index contributed by atoms with van der Waals surface area (Å²) < 4.78 is 23.9. The third-order valence-electron chi connectivity index (χ3n) is 18.5. The van der Waals surface area contributed by atoms with Crippen LogP contribution in [0.1, 0.15) is 412 Å². The highest BCUT2D eigenvalue weighted by Crippen LogP contribution is 2.43. The second kappa shape index (κ2) is 71.7. The summed E-state index contributed by atoms with van der Waals surface area (Å²) in [6.07, 6.45) is 98.8. The molecule has 3 atom stereocenters. The van der Waals surface area contributed by atoms with Crippen molar-refractivity contribution < 1.29 is 32.9 Å². The zero-order valence-corrected chi connectivity index (χ0v) is 62.1. The highest BCUT2D eigenvalue weighted by molar-refractivity contribution is 7.47. The van der Waals surface area contributed by atoms with Gasteiger partial charge in [-0.2, -0.15) is 0 Å². The third-order valence-corrected chi connectivity index (χ3v) is 19.5. The van der Waals surface area contributed by atoms with Crippen molar-refractivity contribution in [3.63, 3.8) is 0 Å². The van der Waals surface area contributed by atoms with Gasteiger partial charge in [0.25, 0.3) is 0 Å². The fourth-order valence-corrected chi connectivity index (χ4v) is 13.1. The van der Waals surface area contributed by atoms with Crippen LogP contribution in [0.15, 0.2) is 48.6 Å². The van der Waals surface area contributed by atoms with Crippen molar-refractivity contribution in [2.75, 3.05) is 40.9 Å². The van der Waals surface area contributed by atoms with Crippen LogP contribution >= 0.6 is 7.82 Å².